The number of halogens is 1. The number of nitrogens with zero attached hydrogens (tertiary/aromatic N) is 2. The fourth-order valence-electron chi connectivity index (χ4n) is 2.82. The predicted molar refractivity (Wildman–Crippen MR) is 101 cm³/mol. The van der Waals surface area contributed by atoms with E-state index in [4.69, 9.17) is 0 Å². The molecule has 1 aromatic heterocycles. The average molecular weight is 352 g/mol. The van der Waals surface area contributed by atoms with Gasteiger partial charge >= 0.3 is 6.03 Å². The van der Waals surface area contributed by atoms with Crippen molar-refractivity contribution in [3.8, 4) is 0 Å². The molecule has 6 heteroatoms. The standard InChI is InChI=1S/C20H21FN4O/c1-13-7-4-5-8-16(13)12-25-15(3)19(14(2)24-25)23-20(26)22-18-10-6-9-17(21)11-18/h4-11H,12H2,1-3H3,(H2,22,23,26). The maximum atomic E-state index is 13.2. The molecule has 134 valence electrons. The molecule has 0 aliphatic rings. The molecule has 0 bridgehead atoms. The van der Waals surface area contributed by atoms with Crippen LogP contribution in [0, 0.1) is 26.6 Å². The van der Waals surface area contributed by atoms with Crippen LogP contribution in [0.3, 0.4) is 0 Å². The molecule has 0 saturated heterocycles. The fraction of sp³-hybridized carbons (Fsp3) is 0.200. The van der Waals surface area contributed by atoms with E-state index in [1.807, 2.05) is 30.7 Å². The zero-order valence-electron chi connectivity index (χ0n) is 15.0. The van der Waals surface area contributed by atoms with Crippen molar-refractivity contribution < 1.29 is 9.18 Å². The minimum atomic E-state index is -0.433. The van der Waals surface area contributed by atoms with Gasteiger partial charge in [-0.25, -0.2) is 9.18 Å². The molecule has 0 spiro atoms. The van der Waals surface area contributed by atoms with Crippen LogP contribution in [0.15, 0.2) is 48.5 Å². The number of hydrogen-bond donors (Lipinski definition) is 2. The van der Waals surface area contributed by atoms with Gasteiger partial charge in [0.1, 0.15) is 5.82 Å². The maximum absolute atomic E-state index is 13.2. The van der Waals surface area contributed by atoms with E-state index in [2.05, 4.69) is 34.8 Å². The molecule has 0 atom stereocenters. The van der Waals surface area contributed by atoms with Gasteiger partial charge in [0.2, 0.25) is 0 Å². The van der Waals surface area contributed by atoms with Crippen LogP contribution in [0.4, 0.5) is 20.6 Å². The molecule has 3 rings (SSSR count). The molecule has 3 aromatic rings. The Morgan fingerprint density at radius 2 is 1.85 bits per heavy atom. The van der Waals surface area contributed by atoms with E-state index in [0.717, 1.165) is 11.4 Å². The average Bonchev–Trinajstić information content (AvgIpc) is 2.84. The topological polar surface area (TPSA) is 59.0 Å². The van der Waals surface area contributed by atoms with E-state index in [1.165, 1.54) is 23.3 Å². The number of aryl methyl sites for hydroxylation is 2. The number of urea groups is 1. The Labute approximate surface area is 151 Å². The van der Waals surface area contributed by atoms with Gasteiger partial charge in [0.25, 0.3) is 0 Å². The fourth-order valence-corrected chi connectivity index (χ4v) is 2.82. The highest BCUT2D eigenvalue weighted by Gasteiger charge is 2.15. The van der Waals surface area contributed by atoms with Crippen molar-refractivity contribution in [2.45, 2.75) is 27.3 Å². The van der Waals surface area contributed by atoms with E-state index in [0.29, 0.717) is 17.9 Å². The quantitative estimate of drug-likeness (QED) is 0.719. The molecular formula is C20H21FN4O. The molecule has 0 saturated carbocycles. The van der Waals surface area contributed by atoms with Gasteiger partial charge in [0.05, 0.1) is 23.6 Å². The van der Waals surface area contributed by atoms with Crippen LogP contribution in [-0.2, 0) is 6.54 Å². The second-order valence-electron chi connectivity index (χ2n) is 6.22. The third kappa shape index (κ3) is 3.91. The van der Waals surface area contributed by atoms with Gasteiger partial charge in [0.15, 0.2) is 0 Å². The second kappa shape index (κ2) is 7.39. The molecule has 26 heavy (non-hydrogen) atoms. The van der Waals surface area contributed by atoms with Crippen molar-refractivity contribution >= 4 is 17.4 Å². The highest BCUT2D eigenvalue weighted by atomic mass is 19.1. The smallest absolute Gasteiger partial charge is 0.308 e. The van der Waals surface area contributed by atoms with Crippen molar-refractivity contribution in [3.05, 3.63) is 76.9 Å². The molecule has 0 fully saturated rings. The highest BCUT2D eigenvalue weighted by Crippen LogP contribution is 2.21. The Morgan fingerprint density at radius 1 is 1.08 bits per heavy atom. The first-order chi connectivity index (χ1) is 12.4. The van der Waals surface area contributed by atoms with Crippen molar-refractivity contribution in [1.82, 2.24) is 9.78 Å². The number of aromatic nitrogens is 2. The second-order valence-corrected chi connectivity index (χ2v) is 6.22. The molecule has 0 unspecified atom stereocenters. The summed E-state index contributed by atoms with van der Waals surface area (Å²) in [5, 5.41) is 9.97. The number of amides is 2. The predicted octanol–water partition coefficient (Wildman–Crippen LogP) is 4.64. The van der Waals surface area contributed by atoms with E-state index < -0.39 is 11.8 Å². The minimum Gasteiger partial charge on any atom is -0.308 e. The van der Waals surface area contributed by atoms with Gasteiger partial charge in [-0.3, -0.25) is 4.68 Å². The van der Waals surface area contributed by atoms with E-state index >= 15 is 0 Å². The largest absolute Gasteiger partial charge is 0.323 e. The molecule has 0 aliphatic carbocycles. The third-order valence-corrected chi connectivity index (χ3v) is 4.28. The molecule has 1 heterocycles. The summed E-state index contributed by atoms with van der Waals surface area (Å²) in [7, 11) is 0. The van der Waals surface area contributed by atoms with Crippen LogP contribution in [0.5, 0.6) is 0 Å². The van der Waals surface area contributed by atoms with E-state index in [-0.39, 0.29) is 0 Å². The zero-order chi connectivity index (χ0) is 18.7. The third-order valence-electron chi connectivity index (χ3n) is 4.28. The Morgan fingerprint density at radius 3 is 2.58 bits per heavy atom. The first-order valence-electron chi connectivity index (χ1n) is 8.36. The minimum absolute atomic E-state index is 0.394. The number of benzene rings is 2. The van der Waals surface area contributed by atoms with Crippen LogP contribution in [-0.4, -0.2) is 15.8 Å². The molecule has 2 amide bonds. The molecule has 2 N–H and O–H groups in total. The summed E-state index contributed by atoms with van der Waals surface area (Å²) in [6.45, 7) is 6.45. The summed E-state index contributed by atoms with van der Waals surface area (Å²) in [6.07, 6.45) is 0. The Balaban J connectivity index is 1.75. The van der Waals surface area contributed by atoms with Gasteiger partial charge in [0, 0.05) is 5.69 Å². The van der Waals surface area contributed by atoms with Crippen LogP contribution in [0.2, 0.25) is 0 Å². The van der Waals surface area contributed by atoms with Crippen molar-refractivity contribution in [2.75, 3.05) is 10.6 Å². The number of hydrogen-bond acceptors (Lipinski definition) is 2. The lowest BCUT2D eigenvalue weighted by Gasteiger charge is -2.10. The van der Waals surface area contributed by atoms with Crippen LogP contribution in [0.25, 0.3) is 0 Å². The number of rotatable bonds is 4. The maximum Gasteiger partial charge on any atom is 0.323 e. The summed E-state index contributed by atoms with van der Waals surface area (Å²) < 4.78 is 15.1. The van der Waals surface area contributed by atoms with Crippen LogP contribution in [0.1, 0.15) is 22.5 Å². The van der Waals surface area contributed by atoms with Crippen molar-refractivity contribution in [2.24, 2.45) is 0 Å². The van der Waals surface area contributed by atoms with Gasteiger partial charge < -0.3 is 10.6 Å². The number of carbonyl (C=O) groups is 1. The molecule has 5 nitrogen and oxygen atoms in total. The van der Waals surface area contributed by atoms with Crippen LogP contribution >= 0.6 is 0 Å². The normalized spacial score (nSPS) is 10.6. The first kappa shape index (κ1) is 17.7. The van der Waals surface area contributed by atoms with Crippen molar-refractivity contribution in [1.29, 1.82) is 0 Å². The number of nitrogens with one attached hydrogen (secondary N) is 2. The zero-order valence-corrected chi connectivity index (χ0v) is 15.0. The molecule has 0 aliphatic heterocycles. The monoisotopic (exact) mass is 352 g/mol. The summed E-state index contributed by atoms with van der Waals surface area (Å²) in [6, 6.07) is 13.5. The molecule has 0 radical (unpaired) electrons. The SMILES string of the molecule is Cc1ccccc1Cn1nc(C)c(NC(=O)Nc2cccc(F)c2)c1C. The Kier molecular flexibility index (Phi) is 5.02. The summed E-state index contributed by atoms with van der Waals surface area (Å²) in [5.74, 6) is -0.402. The van der Waals surface area contributed by atoms with Gasteiger partial charge in [-0.15, -0.1) is 0 Å². The van der Waals surface area contributed by atoms with Gasteiger partial charge in [-0.05, 0) is 50.1 Å². The van der Waals surface area contributed by atoms with Crippen molar-refractivity contribution in [3.63, 3.8) is 0 Å². The lowest BCUT2D eigenvalue weighted by Crippen LogP contribution is -2.20. The lowest BCUT2D eigenvalue weighted by molar-refractivity contribution is 0.262. The lowest BCUT2D eigenvalue weighted by atomic mass is 10.1. The summed E-state index contributed by atoms with van der Waals surface area (Å²) in [4.78, 5) is 12.2. The Hall–Kier alpha value is -3.15. The number of carbonyl (C=O) groups excluding carboxylic acids is 1. The van der Waals surface area contributed by atoms with Gasteiger partial charge in [-0.2, -0.15) is 5.10 Å². The molecule has 2 aromatic carbocycles. The van der Waals surface area contributed by atoms with Gasteiger partial charge in [-0.1, -0.05) is 30.3 Å². The molecular weight excluding hydrogens is 331 g/mol. The first-order valence-corrected chi connectivity index (χ1v) is 8.36. The van der Waals surface area contributed by atoms with Crippen LogP contribution < -0.4 is 10.6 Å². The van der Waals surface area contributed by atoms with E-state index in [1.54, 1.807) is 12.1 Å². The van der Waals surface area contributed by atoms with E-state index in [9.17, 15) is 9.18 Å². The Bertz CT molecular complexity index is 949. The number of anilines is 2. The summed E-state index contributed by atoms with van der Waals surface area (Å²) >= 11 is 0. The summed E-state index contributed by atoms with van der Waals surface area (Å²) in [5.41, 5.74) is 5.01. The highest BCUT2D eigenvalue weighted by molar-refractivity contribution is 6.00.